The fourth-order valence-electron chi connectivity index (χ4n) is 4.40. The van der Waals surface area contributed by atoms with Gasteiger partial charge >= 0.3 is 0 Å². The Morgan fingerprint density at radius 1 is 1.07 bits per heavy atom. The van der Waals surface area contributed by atoms with Crippen molar-refractivity contribution in [1.82, 2.24) is 19.9 Å². The Balaban J connectivity index is 1.35. The van der Waals surface area contributed by atoms with Crippen molar-refractivity contribution in [3.8, 4) is 11.4 Å². The van der Waals surface area contributed by atoms with Gasteiger partial charge in [0.1, 0.15) is 11.6 Å². The van der Waals surface area contributed by atoms with Crippen LogP contribution in [0.1, 0.15) is 29.7 Å². The first kappa shape index (κ1) is 18.9. The molecule has 2 aromatic heterocycles. The molecule has 0 amide bonds. The molecule has 2 aliphatic rings. The summed E-state index contributed by atoms with van der Waals surface area (Å²) in [5.41, 5.74) is 3.95. The van der Waals surface area contributed by atoms with Crippen molar-refractivity contribution in [2.24, 2.45) is 0 Å². The maximum atomic E-state index is 14.7. The summed E-state index contributed by atoms with van der Waals surface area (Å²) in [5.74, 6) is 0.408. The molecule has 30 heavy (non-hydrogen) atoms. The summed E-state index contributed by atoms with van der Waals surface area (Å²) < 4.78 is 14.7. The van der Waals surface area contributed by atoms with E-state index in [2.05, 4.69) is 19.8 Å². The summed E-state index contributed by atoms with van der Waals surface area (Å²) >= 11 is 0. The predicted octanol–water partition coefficient (Wildman–Crippen LogP) is 3.13. The van der Waals surface area contributed by atoms with E-state index in [9.17, 15) is 9.18 Å². The van der Waals surface area contributed by atoms with Crippen LogP contribution in [0.25, 0.3) is 11.4 Å². The first-order chi connectivity index (χ1) is 14.7. The first-order valence-electron chi connectivity index (χ1n) is 10.5. The van der Waals surface area contributed by atoms with Crippen molar-refractivity contribution in [2.75, 3.05) is 24.5 Å². The molecular weight excluding hydrogens is 381 g/mol. The van der Waals surface area contributed by atoms with E-state index in [1.165, 1.54) is 0 Å². The van der Waals surface area contributed by atoms with E-state index in [0.717, 1.165) is 54.9 Å². The van der Waals surface area contributed by atoms with E-state index in [-0.39, 0.29) is 11.4 Å². The van der Waals surface area contributed by atoms with Gasteiger partial charge in [-0.15, -0.1) is 0 Å². The average molecular weight is 405 g/mol. The lowest BCUT2D eigenvalue weighted by Crippen LogP contribution is -2.35. The van der Waals surface area contributed by atoms with Gasteiger partial charge in [-0.2, -0.15) is 0 Å². The Morgan fingerprint density at radius 3 is 2.63 bits per heavy atom. The van der Waals surface area contributed by atoms with Crippen LogP contribution in [0.5, 0.6) is 0 Å². The number of benzene rings is 1. The van der Waals surface area contributed by atoms with E-state index in [4.69, 9.17) is 4.98 Å². The van der Waals surface area contributed by atoms with Gasteiger partial charge in [0.25, 0.3) is 5.56 Å². The van der Waals surface area contributed by atoms with Gasteiger partial charge in [0, 0.05) is 56.2 Å². The summed E-state index contributed by atoms with van der Waals surface area (Å²) in [5, 5.41) is 0. The highest BCUT2D eigenvalue weighted by atomic mass is 19.1. The molecule has 0 spiro atoms. The second kappa shape index (κ2) is 7.99. The van der Waals surface area contributed by atoms with Crippen LogP contribution >= 0.6 is 0 Å². The number of aromatic nitrogens is 3. The summed E-state index contributed by atoms with van der Waals surface area (Å²) in [6, 6.07) is 9.22. The largest absolute Gasteiger partial charge is 0.369 e. The fourth-order valence-corrected chi connectivity index (χ4v) is 4.40. The Morgan fingerprint density at radius 2 is 1.87 bits per heavy atom. The standard InChI is InChI=1S/C23H24FN5O/c24-19-13-16(3-4-21(19)29-10-1-2-11-29)14-28-12-7-18-20(15-28)26-22(27-23(18)30)17-5-8-25-9-6-17/h3-6,8-9,13H,1-2,7,10-12,14-15H2,(H,26,27,30). The normalized spacial score (nSPS) is 16.6. The van der Waals surface area contributed by atoms with Crippen molar-refractivity contribution in [3.05, 3.63) is 75.7 Å². The molecule has 1 aromatic carbocycles. The number of rotatable bonds is 4. The number of nitrogens with zero attached hydrogens (tertiary/aromatic N) is 4. The van der Waals surface area contributed by atoms with E-state index in [1.807, 2.05) is 24.3 Å². The van der Waals surface area contributed by atoms with Gasteiger partial charge in [0.2, 0.25) is 0 Å². The van der Waals surface area contributed by atoms with Crippen LogP contribution in [-0.2, 0) is 19.5 Å². The number of nitrogens with one attached hydrogen (secondary N) is 1. The monoisotopic (exact) mass is 405 g/mol. The van der Waals surface area contributed by atoms with Crippen LogP contribution in [0.3, 0.4) is 0 Å². The molecule has 1 N–H and O–H groups in total. The van der Waals surface area contributed by atoms with Crippen molar-refractivity contribution in [3.63, 3.8) is 0 Å². The highest BCUT2D eigenvalue weighted by Crippen LogP contribution is 2.26. The minimum atomic E-state index is -0.152. The molecule has 0 bridgehead atoms. The van der Waals surface area contributed by atoms with Gasteiger partial charge in [-0.25, -0.2) is 9.37 Å². The molecule has 0 radical (unpaired) electrons. The topological polar surface area (TPSA) is 65.1 Å². The second-order valence-corrected chi connectivity index (χ2v) is 8.02. The van der Waals surface area contributed by atoms with Crippen LogP contribution in [0, 0.1) is 5.82 Å². The Bertz CT molecular complexity index is 1110. The Hall–Kier alpha value is -3.06. The van der Waals surface area contributed by atoms with E-state index in [0.29, 0.717) is 31.0 Å². The van der Waals surface area contributed by atoms with Gasteiger partial charge in [-0.3, -0.25) is 14.7 Å². The Labute approximate surface area is 174 Å². The molecule has 0 atom stereocenters. The lowest BCUT2D eigenvalue weighted by Gasteiger charge is -2.28. The molecule has 4 heterocycles. The predicted molar refractivity (Wildman–Crippen MR) is 114 cm³/mol. The number of fused-ring (bicyclic) bond motifs is 1. The van der Waals surface area contributed by atoms with E-state index < -0.39 is 0 Å². The number of aromatic amines is 1. The third kappa shape index (κ3) is 3.73. The van der Waals surface area contributed by atoms with Crippen LogP contribution in [0.2, 0.25) is 0 Å². The second-order valence-electron chi connectivity index (χ2n) is 8.02. The highest BCUT2D eigenvalue weighted by molar-refractivity contribution is 5.54. The fraction of sp³-hybridized carbons (Fsp3) is 0.348. The lowest BCUT2D eigenvalue weighted by atomic mass is 10.0. The highest BCUT2D eigenvalue weighted by Gasteiger charge is 2.22. The molecule has 0 saturated carbocycles. The average Bonchev–Trinajstić information content (AvgIpc) is 3.29. The van der Waals surface area contributed by atoms with Crippen LogP contribution in [0.15, 0.2) is 47.5 Å². The maximum absolute atomic E-state index is 14.7. The first-order valence-corrected chi connectivity index (χ1v) is 10.5. The molecule has 154 valence electrons. The number of pyridine rings is 1. The molecule has 1 saturated heterocycles. The zero-order valence-electron chi connectivity index (χ0n) is 16.8. The summed E-state index contributed by atoms with van der Waals surface area (Å²) in [4.78, 5) is 28.5. The zero-order chi connectivity index (χ0) is 20.5. The van der Waals surface area contributed by atoms with Crippen molar-refractivity contribution < 1.29 is 4.39 Å². The molecule has 1 fully saturated rings. The summed E-state index contributed by atoms with van der Waals surface area (Å²) in [6.07, 6.45) is 6.26. The maximum Gasteiger partial charge on any atom is 0.254 e. The van der Waals surface area contributed by atoms with Gasteiger partial charge in [-0.05, 0) is 49.1 Å². The quantitative estimate of drug-likeness (QED) is 0.723. The number of hydrogen-bond acceptors (Lipinski definition) is 5. The smallest absolute Gasteiger partial charge is 0.254 e. The number of H-pyrrole nitrogens is 1. The molecule has 6 nitrogen and oxygen atoms in total. The molecule has 0 unspecified atom stereocenters. The molecule has 5 rings (SSSR count). The lowest BCUT2D eigenvalue weighted by molar-refractivity contribution is 0.240. The van der Waals surface area contributed by atoms with Crippen molar-refractivity contribution in [1.29, 1.82) is 0 Å². The third-order valence-electron chi connectivity index (χ3n) is 5.97. The molecule has 7 heteroatoms. The van der Waals surface area contributed by atoms with Gasteiger partial charge in [0.15, 0.2) is 0 Å². The van der Waals surface area contributed by atoms with E-state index in [1.54, 1.807) is 18.5 Å². The molecule has 0 aliphatic carbocycles. The Kier molecular flexibility index (Phi) is 5.04. The number of halogens is 1. The van der Waals surface area contributed by atoms with Gasteiger partial charge in [-0.1, -0.05) is 6.07 Å². The number of anilines is 1. The van der Waals surface area contributed by atoms with Crippen molar-refractivity contribution in [2.45, 2.75) is 32.4 Å². The van der Waals surface area contributed by atoms with Crippen LogP contribution in [-0.4, -0.2) is 39.5 Å². The number of hydrogen-bond donors (Lipinski definition) is 1. The molecule has 2 aliphatic heterocycles. The van der Waals surface area contributed by atoms with Crippen LogP contribution < -0.4 is 10.5 Å². The third-order valence-corrected chi connectivity index (χ3v) is 5.97. The SMILES string of the molecule is O=c1[nH]c(-c2ccncc2)nc2c1CCN(Cc1ccc(N3CCCC3)c(F)c1)C2. The summed E-state index contributed by atoms with van der Waals surface area (Å²) in [6.45, 7) is 3.82. The van der Waals surface area contributed by atoms with Gasteiger partial charge < -0.3 is 9.88 Å². The van der Waals surface area contributed by atoms with Gasteiger partial charge in [0.05, 0.1) is 11.4 Å². The molecular formula is C23H24FN5O. The zero-order valence-corrected chi connectivity index (χ0v) is 16.8. The van der Waals surface area contributed by atoms with Crippen molar-refractivity contribution >= 4 is 5.69 Å². The summed E-state index contributed by atoms with van der Waals surface area (Å²) in [7, 11) is 0. The minimum Gasteiger partial charge on any atom is -0.369 e. The minimum absolute atomic E-state index is 0.0764. The van der Waals surface area contributed by atoms with E-state index >= 15 is 0 Å². The molecule has 3 aromatic rings. The van der Waals surface area contributed by atoms with Crippen LogP contribution in [0.4, 0.5) is 10.1 Å².